The molecule has 1 amide bonds. The molecule has 1 aromatic carbocycles. The van der Waals surface area contributed by atoms with E-state index in [-0.39, 0.29) is 19.0 Å². The van der Waals surface area contributed by atoms with Gasteiger partial charge in [0.2, 0.25) is 5.91 Å². The van der Waals surface area contributed by atoms with Crippen molar-refractivity contribution < 1.29 is 13.9 Å². The predicted molar refractivity (Wildman–Crippen MR) is 65.1 cm³/mol. The molecule has 0 saturated carbocycles. The zero-order chi connectivity index (χ0) is 13.2. The number of hydrogen-bond donors (Lipinski definition) is 2. The third-order valence-corrected chi connectivity index (χ3v) is 2.85. The number of amidine groups is 1. The van der Waals surface area contributed by atoms with Crippen molar-refractivity contribution in [1.82, 2.24) is 0 Å². The van der Waals surface area contributed by atoms with Crippen LogP contribution < -0.4 is 11.5 Å². The van der Waals surface area contributed by atoms with Crippen molar-refractivity contribution in [3.05, 3.63) is 35.4 Å². The molecular formula is C12H14FN3O2. The molecule has 5 nitrogen and oxygen atoms in total. The van der Waals surface area contributed by atoms with Crippen LogP contribution in [0.4, 0.5) is 4.39 Å². The van der Waals surface area contributed by atoms with Crippen molar-refractivity contribution in [2.45, 2.75) is 5.54 Å². The molecule has 0 fully saturated rings. The Bertz CT molecular complexity index is 504. The van der Waals surface area contributed by atoms with Crippen LogP contribution in [0, 0.1) is 0 Å². The molecule has 1 aliphatic heterocycles. The quantitative estimate of drug-likeness (QED) is 0.811. The van der Waals surface area contributed by atoms with E-state index in [0.29, 0.717) is 11.1 Å². The summed E-state index contributed by atoms with van der Waals surface area (Å²) in [5.74, 6) is -0.331. The highest BCUT2D eigenvalue weighted by atomic mass is 19.1. The van der Waals surface area contributed by atoms with Gasteiger partial charge in [0.25, 0.3) is 0 Å². The van der Waals surface area contributed by atoms with Gasteiger partial charge in [0.1, 0.15) is 24.7 Å². The molecule has 1 aliphatic rings. The fourth-order valence-electron chi connectivity index (χ4n) is 1.92. The lowest BCUT2D eigenvalue weighted by Gasteiger charge is -2.31. The number of alkyl halides is 1. The summed E-state index contributed by atoms with van der Waals surface area (Å²) in [7, 11) is 0. The Balaban J connectivity index is 2.47. The summed E-state index contributed by atoms with van der Waals surface area (Å²) in [6.07, 6.45) is 0. The van der Waals surface area contributed by atoms with Crippen LogP contribution >= 0.6 is 0 Å². The average molecular weight is 251 g/mol. The molecule has 0 unspecified atom stereocenters. The van der Waals surface area contributed by atoms with E-state index < -0.39 is 18.1 Å². The van der Waals surface area contributed by atoms with Crippen molar-refractivity contribution in [1.29, 1.82) is 0 Å². The van der Waals surface area contributed by atoms with Gasteiger partial charge >= 0.3 is 0 Å². The van der Waals surface area contributed by atoms with Gasteiger partial charge in [-0.15, -0.1) is 0 Å². The van der Waals surface area contributed by atoms with Crippen LogP contribution in [0.2, 0.25) is 0 Å². The Kier molecular flexibility index (Phi) is 3.29. The van der Waals surface area contributed by atoms with Crippen molar-refractivity contribution in [2.24, 2.45) is 16.5 Å². The van der Waals surface area contributed by atoms with Gasteiger partial charge < -0.3 is 16.2 Å². The topological polar surface area (TPSA) is 90.7 Å². The third kappa shape index (κ3) is 2.19. The zero-order valence-electron chi connectivity index (χ0n) is 9.73. The Morgan fingerprint density at radius 3 is 2.94 bits per heavy atom. The van der Waals surface area contributed by atoms with Gasteiger partial charge in [-0.1, -0.05) is 12.1 Å². The number of rotatable bonds is 3. The molecule has 6 heteroatoms. The molecule has 1 aromatic rings. The van der Waals surface area contributed by atoms with E-state index in [0.717, 1.165) is 0 Å². The van der Waals surface area contributed by atoms with Gasteiger partial charge in [-0.2, -0.15) is 0 Å². The number of nitrogens with two attached hydrogens (primary N) is 2. The summed E-state index contributed by atoms with van der Waals surface area (Å²) in [5.41, 5.74) is 10.5. The van der Waals surface area contributed by atoms with E-state index in [9.17, 15) is 9.18 Å². The molecule has 4 N–H and O–H groups in total. The largest absolute Gasteiger partial charge is 0.385 e. The predicted octanol–water partition coefficient (Wildman–Crippen LogP) is 0.338. The first-order valence-corrected chi connectivity index (χ1v) is 5.46. The second-order valence-corrected chi connectivity index (χ2v) is 4.21. The molecule has 0 aliphatic carbocycles. The number of primary amides is 1. The Morgan fingerprint density at radius 2 is 2.33 bits per heavy atom. The highest BCUT2D eigenvalue weighted by Gasteiger charge is 2.35. The van der Waals surface area contributed by atoms with Gasteiger partial charge in [-0.25, -0.2) is 4.39 Å². The van der Waals surface area contributed by atoms with Gasteiger partial charge in [0.05, 0.1) is 6.61 Å². The van der Waals surface area contributed by atoms with E-state index in [4.69, 9.17) is 16.2 Å². The van der Waals surface area contributed by atoms with Gasteiger partial charge in [-0.05, 0) is 17.7 Å². The van der Waals surface area contributed by atoms with Crippen LogP contribution in [0.3, 0.4) is 0 Å². The number of amides is 1. The molecule has 0 spiro atoms. The SMILES string of the molecule is NC(=O)c1cccc([C@@]2(CF)COCC(N)=N2)c1. The number of hydrogen-bond acceptors (Lipinski definition) is 4. The summed E-state index contributed by atoms with van der Waals surface area (Å²) < 4.78 is 18.6. The molecule has 18 heavy (non-hydrogen) atoms. The maximum Gasteiger partial charge on any atom is 0.248 e. The molecular weight excluding hydrogens is 237 g/mol. The lowest BCUT2D eigenvalue weighted by Crippen LogP contribution is -2.41. The molecule has 0 bridgehead atoms. The van der Waals surface area contributed by atoms with E-state index in [1.54, 1.807) is 18.2 Å². The van der Waals surface area contributed by atoms with Crippen molar-refractivity contribution in [2.75, 3.05) is 19.9 Å². The van der Waals surface area contributed by atoms with Crippen molar-refractivity contribution >= 4 is 11.7 Å². The first-order chi connectivity index (χ1) is 8.57. The summed E-state index contributed by atoms with van der Waals surface area (Å²) in [4.78, 5) is 15.3. The van der Waals surface area contributed by atoms with Crippen LogP contribution in [0.5, 0.6) is 0 Å². The maximum atomic E-state index is 13.4. The molecule has 96 valence electrons. The lowest BCUT2D eigenvalue weighted by atomic mass is 9.90. The molecule has 0 radical (unpaired) electrons. The van der Waals surface area contributed by atoms with Crippen molar-refractivity contribution in [3.63, 3.8) is 0 Å². The number of aliphatic imine (C=N–C) groups is 1. The minimum Gasteiger partial charge on any atom is -0.385 e. The number of halogens is 1. The maximum absolute atomic E-state index is 13.4. The van der Waals surface area contributed by atoms with E-state index in [1.165, 1.54) is 6.07 Å². The minimum atomic E-state index is -1.17. The second kappa shape index (κ2) is 4.73. The Hall–Kier alpha value is -1.95. The second-order valence-electron chi connectivity index (χ2n) is 4.21. The molecule has 2 rings (SSSR count). The van der Waals surface area contributed by atoms with Gasteiger partial charge in [0.15, 0.2) is 0 Å². The Morgan fingerprint density at radius 1 is 1.56 bits per heavy atom. The zero-order valence-corrected chi connectivity index (χ0v) is 9.73. The summed E-state index contributed by atoms with van der Waals surface area (Å²) >= 11 is 0. The lowest BCUT2D eigenvalue weighted by molar-refractivity contribution is 0.0826. The van der Waals surface area contributed by atoms with Crippen LogP contribution in [-0.2, 0) is 10.3 Å². The minimum absolute atomic E-state index is 0.0897. The van der Waals surface area contributed by atoms with Crippen LogP contribution in [-0.4, -0.2) is 31.6 Å². The molecule has 0 aromatic heterocycles. The first-order valence-electron chi connectivity index (χ1n) is 5.46. The molecule has 1 heterocycles. The van der Waals surface area contributed by atoms with E-state index >= 15 is 0 Å². The fraction of sp³-hybridized carbons (Fsp3) is 0.333. The third-order valence-electron chi connectivity index (χ3n) is 2.85. The molecule has 1 atom stereocenters. The summed E-state index contributed by atoms with van der Waals surface area (Å²) in [5, 5.41) is 0. The van der Waals surface area contributed by atoms with Crippen LogP contribution in [0.1, 0.15) is 15.9 Å². The normalized spacial score (nSPS) is 23.5. The number of benzene rings is 1. The number of nitrogens with zero attached hydrogens (tertiary/aromatic N) is 1. The van der Waals surface area contributed by atoms with E-state index in [2.05, 4.69) is 4.99 Å². The standard InChI is InChI=1S/C12H14FN3O2/c13-6-12(7-18-5-10(14)16-12)9-3-1-2-8(4-9)11(15)17/h1-4H,5-7H2,(H2,14,16)(H2,15,17)/t12-/m1/s1. The van der Waals surface area contributed by atoms with Gasteiger partial charge in [0, 0.05) is 5.56 Å². The highest BCUT2D eigenvalue weighted by Crippen LogP contribution is 2.30. The molecule has 0 saturated heterocycles. The van der Waals surface area contributed by atoms with Crippen molar-refractivity contribution in [3.8, 4) is 0 Å². The summed E-state index contributed by atoms with van der Waals surface area (Å²) in [6, 6.07) is 6.40. The fourth-order valence-corrected chi connectivity index (χ4v) is 1.92. The highest BCUT2D eigenvalue weighted by molar-refractivity contribution is 5.93. The first kappa shape index (κ1) is 12.5. The number of carbonyl (C=O) groups is 1. The smallest absolute Gasteiger partial charge is 0.248 e. The Labute approximate surface area is 104 Å². The monoisotopic (exact) mass is 251 g/mol. The summed E-state index contributed by atoms with van der Waals surface area (Å²) in [6.45, 7) is -0.473. The van der Waals surface area contributed by atoms with Crippen LogP contribution in [0.25, 0.3) is 0 Å². The van der Waals surface area contributed by atoms with Gasteiger partial charge in [-0.3, -0.25) is 9.79 Å². The van der Waals surface area contributed by atoms with Crippen LogP contribution in [0.15, 0.2) is 29.3 Å². The van der Waals surface area contributed by atoms with E-state index in [1.807, 2.05) is 0 Å². The average Bonchev–Trinajstić information content (AvgIpc) is 2.38. The number of ether oxygens (including phenoxy) is 1. The number of carbonyl (C=O) groups excluding carboxylic acids is 1.